The average molecular weight is 278 g/mol. The number of methoxy groups -OCH3 is 1. The van der Waals surface area contributed by atoms with Gasteiger partial charge in [-0.1, -0.05) is 18.3 Å². The number of imide groups is 1. The minimum absolute atomic E-state index is 0.137. The summed E-state index contributed by atoms with van der Waals surface area (Å²) >= 11 is 4.92. The van der Waals surface area contributed by atoms with Crippen LogP contribution in [0.15, 0.2) is 18.2 Å². The summed E-state index contributed by atoms with van der Waals surface area (Å²) in [6.45, 7) is 0.256. The number of carbonyl (C=O) groups excluding carboxylic acids is 2. The smallest absolute Gasteiger partial charge is 0.229 e. The van der Waals surface area contributed by atoms with E-state index in [9.17, 15) is 9.59 Å². The highest BCUT2D eigenvalue weighted by molar-refractivity contribution is 7.80. The van der Waals surface area contributed by atoms with E-state index in [1.165, 1.54) is 12.0 Å². The molecule has 19 heavy (non-hydrogen) atoms. The fourth-order valence-corrected chi connectivity index (χ4v) is 2.19. The van der Waals surface area contributed by atoms with E-state index in [2.05, 4.69) is 0 Å². The number of likely N-dealkylation sites (tertiary alicyclic amines) is 1. The number of rotatable bonds is 4. The summed E-state index contributed by atoms with van der Waals surface area (Å²) in [6.07, 6.45) is 0.585. The van der Waals surface area contributed by atoms with Crippen LogP contribution < -0.4 is 10.5 Å². The van der Waals surface area contributed by atoms with Crippen molar-refractivity contribution in [1.29, 1.82) is 0 Å². The molecule has 0 bridgehead atoms. The van der Waals surface area contributed by atoms with Gasteiger partial charge in [0, 0.05) is 12.8 Å². The number of hydrogen-bond donors (Lipinski definition) is 1. The molecule has 1 saturated heterocycles. The zero-order chi connectivity index (χ0) is 14.0. The van der Waals surface area contributed by atoms with Crippen LogP contribution in [0.3, 0.4) is 0 Å². The molecule has 1 aliphatic rings. The quantitative estimate of drug-likeness (QED) is 0.656. The van der Waals surface area contributed by atoms with E-state index < -0.39 is 0 Å². The molecule has 0 radical (unpaired) electrons. The van der Waals surface area contributed by atoms with Crippen LogP contribution in [0.25, 0.3) is 0 Å². The van der Waals surface area contributed by atoms with Crippen LogP contribution in [-0.4, -0.2) is 28.8 Å². The summed E-state index contributed by atoms with van der Waals surface area (Å²) in [7, 11) is 1.52. The fourth-order valence-electron chi connectivity index (χ4n) is 2.02. The van der Waals surface area contributed by atoms with Gasteiger partial charge in [0.15, 0.2) is 0 Å². The maximum Gasteiger partial charge on any atom is 0.229 e. The Hall–Kier alpha value is -1.95. The zero-order valence-corrected chi connectivity index (χ0v) is 11.3. The lowest BCUT2D eigenvalue weighted by atomic mass is 10.1. The van der Waals surface area contributed by atoms with Crippen LogP contribution in [-0.2, 0) is 16.1 Å². The molecular formula is C13H14N2O3S. The van der Waals surface area contributed by atoms with E-state index in [-0.39, 0.29) is 23.3 Å². The Morgan fingerprint density at radius 1 is 1.37 bits per heavy atom. The molecule has 0 unspecified atom stereocenters. The molecule has 1 aromatic carbocycles. The first-order valence-corrected chi connectivity index (χ1v) is 6.23. The standard InChI is InChI=1S/C13H14N2O3S/c1-18-10-6-8(2-3-9(10)13(14)19)7-15-11(16)4-5-12(15)17/h2-3,6H,4-5,7H2,1H3,(H2,14,19). The Morgan fingerprint density at radius 3 is 2.53 bits per heavy atom. The van der Waals surface area contributed by atoms with Crippen LogP contribution >= 0.6 is 12.2 Å². The predicted molar refractivity (Wildman–Crippen MR) is 73.7 cm³/mol. The number of amides is 2. The van der Waals surface area contributed by atoms with Gasteiger partial charge in [0.1, 0.15) is 10.7 Å². The Labute approximate surface area is 116 Å². The van der Waals surface area contributed by atoms with Crippen LogP contribution in [0.2, 0.25) is 0 Å². The molecule has 1 fully saturated rings. The Balaban J connectivity index is 2.24. The molecule has 0 atom stereocenters. The Bertz CT molecular complexity index is 541. The van der Waals surface area contributed by atoms with E-state index in [0.717, 1.165) is 5.56 Å². The second-order valence-corrected chi connectivity index (χ2v) is 4.71. The highest BCUT2D eigenvalue weighted by Crippen LogP contribution is 2.23. The molecule has 0 aliphatic carbocycles. The molecule has 1 heterocycles. The van der Waals surface area contributed by atoms with Crippen LogP contribution in [0.5, 0.6) is 5.75 Å². The van der Waals surface area contributed by atoms with Gasteiger partial charge in [-0.3, -0.25) is 14.5 Å². The second-order valence-electron chi connectivity index (χ2n) is 4.27. The van der Waals surface area contributed by atoms with Crippen molar-refractivity contribution in [3.05, 3.63) is 29.3 Å². The number of thiocarbonyl (C=S) groups is 1. The fraction of sp³-hybridized carbons (Fsp3) is 0.308. The minimum Gasteiger partial charge on any atom is -0.496 e. The summed E-state index contributed by atoms with van der Waals surface area (Å²) in [4.78, 5) is 24.6. The van der Waals surface area contributed by atoms with Crippen LogP contribution in [0, 0.1) is 0 Å². The van der Waals surface area contributed by atoms with Gasteiger partial charge in [0.25, 0.3) is 0 Å². The van der Waals surface area contributed by atoms with Gasteiger partial charge >= 0.3 is 0 Å². The lowest BCUT2D eigenvalue weighted by molar-refractivity contribution is -0.139. The van der Waals surface area contributed by atoms with E-state index >= 15 is 0 Å². The molecular weight excluding hydrogens is 264 g/mol. The van der Waals surface area contributed by atoms with Gasteiger partial charge < -0.3 is 10.5 Å². The minimum atomic E-state index is -0.137. The number of hydrogen-bond acceptors (Lipinski definition) is 4. The Morgan fingerprint density at radius 2 is 2.00 bits per heavy atom. The van der Waals surface area contributed by atoms with E-state index in [1.807, 2.05) is 0 Å². The first-order chi connectivity index (χ1) is 9.02. The summed E-state index contributed by atoms with van der Waals surface area (Å²) in [5.41, 5.74) is 7.03. The van der Waals surface area contributed by atoms with Gasteiger partial charge in [-0.05, 0) is 17.7 Å². The maximum absolute atomic E-state index is 11.6. The Kier molecular flexibility index (Phi) is 3.80. The first-order valence-electron chi connectivity index (χ1n) is 5.83. The molecule has 1 aliphatic heterocycles. The number of ether oxygens (including phenoxy) is 1. The molecule has 1 aromatic rings. The van der Waals surface area contributed by atoms with Gasteiger partial charge in [-0.2, -0.15) is 0 Å². The number of nitrogens with zero attached hydrogens (tertiary/aromatic N) is 1. The normalized spacial score (nSPS) is 14.9. The monoisotopic (exact) mass is 278 g/mol. The van der Waals surface area contributed by atoms with Crippen LogP contribution in [0.4, 0.5) is 0 Å². The molecule has 0 saturated carbocycles. The third-order valence-corrected chi connectivity index (χ3v) is 3.25. The topological polar surface area (TPSA) is 72.6 Å². The molecule has 2 amide bonds. The average Bonchev–Trinajstić information content (AvgIpc) is 2.70. The second kappa shape index (κ2) is 5.36. The molecule has 0 spiro atoms. The first kappa shape index (κ1) is 13.5. The van der Waals surface area contributed by atoms with Gasteiger partial charge in [-0.15, -0.1) is 0 Å². The van der Waals surface area contributed by atoms with Gasteiger partial charge in [0.2, 0.25) is 11.8 Å². The highest BCUT2D eigenvalue weighted by Gasteiger charge is 2.28. The van der Waals surface area contributed by atoms with Crippen molar-refractivity contribution in [1.82, 2.24) is 4.90 Å². The third kappa shape index (κ3) is 2.73. The molecule has 2 N–H and O–H groups in total. The van der Waals surface area contributed by atoms with E-state index in [0.29, 0.717) is 24.2 Å². The molecule has 6 heteroatoms. The molecule has 100 valence electrons. The van der Waals surface area contributed by atoms with Crippen LogP contribution in [0.1, 0.15) is 24.0 Å². The van der Waals surface area contributed by atoms with Gasteiger partial charge in [-0.25, -0.2) is 0 Å². The largest absolute Gasteiger partial charge is 0.496 e. The summed E-state index contributed by atoms with van der Waals surface area (Å²) in [5.74, 6) is 0.272. The van der Waals surface area contributed by atoms with Gasteiger partial charge in [0.05, 0.1) is 19.2 Å². The van der Waals surface area contributed by atoms with Crippen molar-refractivity contribution in [3.8, 4) is 5.75 Å². The van der Waals surface area contributed by atoms with Crippen molar-refractivity contribution in [2.24, 2.45) is 5.73 Å². The number of nitrogens with two attached hydrogens (primary N) is 1. The predicted octanol–water partition coefficient (Wildman–Crippen LogP) is 0.978. The molecule has 5 nitrogen and oxygen atoms in total. The third-order valence-electron chi connectivity index (χ3n) is 3.03. The SMILES string of the molecule is COc1cc(CN2C(=O)CCC2=O)ccc1C(N)=S. The summed E-state index contributed by atoms with van der Waals surface area (Å²) in [6, 6.07) is 5.27. The highest BCUT2D eigenvalue weighted by atomic mass is 32.1. The van der Waals surface area contributed by atoms with E-state index in [4.69, 9.17) is 22.7 Å². The summed E-state index contributed by atoms with van der Waals surface area (Å²) < 4.78 is 5.21. The lowest BCUT2D eigenvalue weighted by Gasteiger charge is -2.15. The number of benzene rings is 1. The van der Waals surface area contributed by atoms with Crippen molar-refractivity contribution in [2.45, 2.75) is 19.4 Å². The summed E-state index contributed by atoms with van der Waals surface area (Å²) in [5, 5.41) is 0. The maximum atomic E-state index is 11.6. The van der Waals surface area contributed by atoms with Crippen molar-refractivity contribution >= 4 is 29.0 Å². The lowest BCUT2D eigenvalue weighted by Crippen LogP contribution is -2.28. The van der Waals surface area contributed by atoms with Crippen molar-refractivity contribution < 1.29 is 14.3 Å². The van der Waals surface area contributed by atoms with Crippen molar-refractivity contribution in [3.63, 3.8) is 0 Å². The zero-order valence-electron chi connectivity index (χ0n) is 10.5. The molecule has 2 rings (SSSR count). The van der Waals surface area contributed by atoms with E-state index in [1.54, 1.807) is 18.2 Å². The molecule has 0 aromatic heterocycles. The van der Waals surface area contributed by atoms with Crippen molar-refractivity contribution in [2.75, 3.05) is 7.11 Å². The number of carbonyl (C=O) groups is 2.